The van der Waals surface area contributed by atoms with E-state index in [4.69, 9.17) is 5.73 Å². The second-order valence-electron chi connectivity index (χ2n) is 5.69. The molecule has 5 heteroatoms. The number of nitrogen functional groups attached to an aromatic ring is 1. The highest BCUT2D eigenvalue weighted by Gasteiger charge is 2.15. The molecule has 0 aliphatic heterocycles. The smallest absolute Gasteiger partial charge is 0.194 e. The fraction of sp³-hybridized carbons (Fsp3) is 0. The van der Waals surface area contributed by atoms with Gasteiger partial charge in [-0.2, -0.15) is 0 Å². The third-order valence-electron chi connectivity index (χ3n) is 4.06. The van der Waals surface area contributed by atoms with E-state index in [0.717, 1.165) is 15.7 Å². The summed E-state index contributed by atoms with van der Waals surface area (Å²) in [5.74, 6) is 0.406. The van der Waals surface area contributed by atoms with Crippen molar-refractivity contribution in [2.24, 2.45) is 0 Å². The van der Waals surface area contributed by atoms with Gasteiger partial charge in [0.2, 0.25) is 0 Å². The van der Waals surface area contributed by atoms with Gasteiger partial charge in [-0.25, -0.2) is 4.98 Å². The molecule has 0 fully saturated rings. The van der Waals surface area contributed by atoms with Crippen molar-refractivity contribution in [3.8, 4) is 11.3 Å². The van der Waals surface area contributed by atoms with Crippen molar-refractivity contribution in [3.05, 3.63) is 88.5 Å². The van der Waals surface area contributed by atoms with E-state index in [1.165, 1.54) is 0 Å². The van der Waals surface area contributed by atoms with Crippen molar-refractivity contribution in [3.63, 3.8) is 0 Å². The molecule has 2 aromatic carbocycles. The Kier molecular flexibility index (Phi) is 3.86. The molecular weight excluding hydrogens is 378 g/mol. The minimum Gasteiger partial charge on any atom is -0.382 e. The normalized spacial score (nSPS) is 10.9. The number of halogens is 1. The van der Waals surface area contributed by atoms with Crippen molar-refractivity contribution in [1.82, 2.24) is 9.38 Å². The summed E-state index contributed by atoms with van der Waals surface area (Å²) in [5, 5.41) is 0. The van der Waals surface area contributed by atoms with Crippen molar-refractivity contribution in [2.75, 3.05) is 5.73 Å². The Bertz CT molecular complexity index is 1070. The Morgan fingerprint density at radius 3 is 2.36 bits per heavy atom. The lowest BCUT2D eigenvalue weighted by atomic mass is 10.1. The maximum Gasteiger partial charge on any atom is 0.194 e. The van der Waals surface area contributed by atoms with E-state index in [1.807, 2.05) is 65.1 Å². The Morgan fingerprint density at radius 1 is 0.920 bits per heavy atom. The van der Waals surface area contributed by atoms with Gasteiger partial charge in [-0.1, -0.05) is 58.4 Å². The lowest BCUT2D eigenvalue weighted by Crippen LogP contribution is -2.03. The molecule has 0 aliphatic rings. The number of anilines is 1. The summed E-state index contributed by atoms with van der Waals surface area (Å²) in [5.41, 5.74) is 9.81. The maximum absolute atomic E-state index is 12.7. The van der Waals surface area contributed by atoms with Crippen LogP contribution in [0.5, 0.6) is 0 Å². The zero-order valence-corrected chi connectivity index (χ0v) is 14.8. The minimum absolute atomic E-state index is 0.0310. The fourth-order valence-corrected chi connectivity index (χ4v) is 3.11. The van der Waals surface area contributed by atoms with E-state index in [2.05, 4.69) is 20.9 Å². The molecule has 4 rings (SSSR count). The highest BCUT2D eigenvalue weighted by molar-refractivity contribution is 9.10. The molecule has 2 N–H and O–H groups in total. The summed E-state index contributed by atoms with van der Waals surface area (Å²) in [7, 11) is 0. The van der Waals surface area contributed by atoms with Gasteiger partial charge in [0.15, 0.2) is 11.6 Å². The first-order valence-corrected chi connectivity index (χ1v) is 8.56. The van der Waals surface area contributed by atoms with E-state index < -0.39 is 0 Å². The molecule has 0 unspecified atom stereocenters. The van der Waals surface area contributed by atoms with Gasteiger partial charge in [0.05, 0.1) is 5.69 Å². The number of benzene rings is 2. The molecule has 25 heavy (non-hydrogen) atoms. The van der Waals surface area contributed by atoms with Gasteiger partial charge in [0.25, 0.3) is 0 Å². The quantitative estimate of drug-likeness (QED) is 0.520. The van der Waals surface area contributed by atoms with E-state index >= 15 is 0 Å². The van der Waals surface area contributed by atoms with Gasteiger partial charge < -0.3 is 5.73 Å². The number of rotatable bonds is 3. The molecule has 4 nitrogen and oxygen atoms in total. The zero-order chi connectivity index (χ0) is 17.4. The van der Waals surface area contributed by atoms with Crippen molar-refractivity contribution < 1.29 is 4.79 Å². The summed E-state index contributed by atoms with van der Waals surface area (Å²) in [6.07, 6.45) is 1.80. The van der Waals surface area contributed by atoms with Crippen LogP contribution in [0.15, 0.2) is 77.4 Å². The van der Waals surface area contributed by atoms with Crippen LogP contribution in [0.25, 0.3) is 16.9 Å². The second kappa shape index (κ2) is 6.18. The SMILES string of the molecule is Nc1nc2ccc(C(=O)c3ccccc3)cn2c1-c1ccc(Br)cc1. The summed E-state index contributed by atoms with van der Waals surface area (Å²) in [4.78, 5) is 17.1. The van der Waals surface area contributed by atoms with Crippen LogP contribution >= 0.6 is 15.9 Å². The van der Waals surface area contributed by atoms with Gasteiger partial charge in [-0.3, -0.25) is 9.20 Å². The van der Waals surface area contributed by atoms with Gasteiger partial charge in [-0.15, -0.1) is 0 Å². The standard InChI is InChI=1S/C20H14BrN3O/c21-16-9-6-13(7-10-16)18-20(22)23-17-11-8-15(12-24(17)18)19(25)14-4-2-1-3-5-14/h1-12H,22H2. The molecule has 0 radical (unpaired) electrons. The molecule has 0 atom stereocenters. The first-order valence-electron chi connectivity index (χ1n) is 7.77. The van der Waals surface area contributed by atoms with E-state index in [1.54, 1.807) is 12.3 Å². The predicted octanol–water partition coefficient (Wildman–Crippen LogP) is 4.58. The molecule has 122 valence electrons. The third-order valence-corrected chi connectivity index (χ3v) is 4.59. The average molecular weight is 392 g/mol. The molecule has 0 amide bonds. The van der Waals surface area contributed by atoms with Crippen molar-refractivity contribution in [2.45, 2.75) is 0 Å². The Hall–Kier alpha value is -2.92. The number of ketones is 1. The minimum atomic E-state index is -0.0310. The largest absolute Gasteiger partial charge is 0.382 e. The summed E-state index contributed by atoms with van der Waals surface area (Å²) in [6, 6.07) is 20.7. The highest BCUT2D eigenvalue weighted by Crippen LogP contribution is 2.28. The topological polar surface area (TPSA) is 60.4 Å². The van der Waals surface area contributed by atoms with E-state index in [-0.39, 0.29) is 5.78 Å². The number of pyridine rings is 1. The first kappa shape index (κ1) is 15.6. The summed E-state index contributed by atoms with van der Waals surface area (Å²) >= 11 is 3.44. The number of aromatic nitrogens is 2. The molecule has 0 bridgehead atoms. The number of nitrogens with two attached hydrogens (primary N) is 1. The summed E-state index contributed by atoms with van der Waals surface area (Å²) < 4.78 is 2.86. The maximum atomic E-state index is 12.7. The predicted molar refractivity (Wildman–Crippen MR) is 103 cm³/mol. The molecule has 0 spiro atoms. The fourth-order valence-electron chi connectivity index (χ4n) is 2.85. The summed E-state index contributed by atoms with van der Waals surface area (Å²) in [6.45, 7) is 0. The van der Waals surface area contributed by atoms with Crippen LogP contribution in [0.2, 0.25) is 0 Å². The molecule has 0 saturated carbocycles. The van der Waals surface area contributed by atoms with Crippen molar-refractivity contribution >= 4 is 33.2 Å². The number of carbonyl (C=O) groups excluding carboxylic acids is 1. The molecule has 0 saturated heterocycles. The Balaban J connectivity index is 1.86. The number of hydrogen-bond acceptors (Lipinski definition) is 3. The lowest BCUT2D eigenvalue weighted by Gasteiger charge is -2.06. The first-order chi connectivity index (χ1) is 12.1. The van der Waals surface area contributed by atoms with E-state index in [0.29, 0.717) is 22.6 Å². The monoisotopic (exact) mass is 391 g/mol. The van der Waals surface area contributed by atoms with Crippen LogP contribution in [0.4, 0.5) is 5.82 Å². The van der Waals surface area contributed by atoms with Crippen LogP contribution < -0.4 is 5.73 Å². The highest BCUT2D eigenvalue weighted by atomic mass is 79.9. The molecule has 2 aromatic heterocycles. The zero-order valence-electron chi connectivity index (χ0n) is 13.2. The number of fused-ring (bicyclic) bond motifs is 1. The third kappa shape index (κ3) is 2.83. The molecule has 0 aliphatic carbocycles. The lowest BCUT2D eigenvalue weighted by molar-refractivity contribution is 0.103. The Labute approximate surface area is 153 Å². The van der Waals surface area contributed by atoms with Crippen LogP contribution in [0.1, 0.15) is 15.9 Å². The number of nitrogens with zero attached hydrogens (tertiary/aromatic N) is 2. The Morgan fingerprint density at radius 2 is 1.64 bits per heavy atom. The van der Waals surface area contributed by atoms with Gasteiger partial charge in [-0.05, 0) is 24.3 Å². The molecular formula is C20H14BrN3O. The van der Waals surface area contributed by atoms with Gasteiger partial charge in [0, 0.05) is 27.4 Å². The van der Waals surface area contributed by atoms with Gasteiger partial charge >= 0.3 is 0 Å². The van der Waals surface area contributed by atoms with Gasteiger partial charge in [0.1, 0.15) is 5.65 Å². The average Bonchev–Trinajstić information content (AvgIpc) is 2.97. The number of imidazole rings is 1. The molecule has 2 heterocycles. The number of hydrogen-bond donors (Lipinski definition) is 1. The molecule has 4 aromatic rings. The van der Waals surface area contributed by atoms with Crippen LogP contribution in [-0.2, 0) is 0 Å². The van der Waals surface area contributed by atoms with E-state index in [9.17, 15) is 4.79 Å². The van der Waals surface area contributed by atoms with Crippen molar-refractivity contribution in [1.29, 1.82) is 0 Å². The van der Waals surface area contributed by atoms with Crippen LogP contribution in [-0.4, -0.2) is 15.2 Å². The van der Waals surface area contributed by atoms with Crippen LogP contribution in [0.3, 0.4) is 0 Å². The second-order valence-corrected chi connectivity index (χ2v) is 6.61. The number of carbonyl (C=O) groups is 1. The van der Waals surface area contributed by atoms with Crippen LogP contribution in [0, 0.1) is 0 Å².